The maximum absolute atomic E-state index is 6.02. The first-order chi connectivity index (χ1) is 9.78. The minimum Gasteiger partial charge on any atom is -0.378 e. The second-order valence-electron chi connectivity index (χ2n) is 4.36. The average Bonchev–Trinajstić information content (AvgIpc) is 2.96. The summed E-state index contributed by atoms with van der Waals surface area (Å²) in [5.74, 6) is 1.78. The summed E-state index contributed by atoms with van der Waals surface area (Å²) in [5, 5.41) is 0.183. The Morgan fingerprint density at radius 3 is 2.80 bits per heavy atom. The minimum absolute atomic E-state index is 0.183. The lowest BCUT2D eigenvalue weighted by atomic mass is 10.4. The van der Waals surface area contributed by atoms with Gasteiger partial charge in [-0.25, -0.2) is 4.98 Å². The van der Waals surface area contributed by atoms with Gasteiger partial charge in [-0.05, 0) is 18.5 Å². The van der Waals surface area contributed by atoms with Crippen molar-refractivity contribution in [2.24, 2.45) is 0 Å². The Hall–Kier alpha value is -1.73. The summed E-state index contributed by atoms with van der Waals surface area (Å²) in [4.78, 5) is 19.2. The summed E-state index contributed by atoms with van der Waals surface area (Å²) in [7, 11) is 0. The highest BCUT2D eigenvalue weighted by atomic mass is 35.5. The SMILES string of the molecule is CCn1ccnc1-c1nc(Cl)nc(N2CCOCC2)n1. The third kappa shape index (κ3) is 2.59. The average molecular weight is 295 g/mol. The van der Waals surface area contributed by atoms with Crippen molar-refractivity contribution in [3.05, 3.63) is 17.7 Å². The molecular formula is C12H15ClN6O. The number of anilines is 1. The van der Waals surface area contributed by atoms with E-state index in [9.17, 15) is 0 Å². The van der Waals surface area contributed by atoms with E-state index in [1.165, 1.54) is 0 Å². The topological polar surface area (TPSA) is 69.0 Å². The predicted octanol–water partition coefficient (Wildman–Crippen LogP) is 1.24. The smallest absolute Gasteiger partial charge is 0.230 e. The molecule has 106 valence electrons. The Kier molecular flexibility index (Phi) is 3.79. The third-order valence-corrected chi connectivity index (χ3v) is 3.32. The van der Waals surface area contributed by atoms with Crippen LogP contribution >= 0.6 is 11.6 Å². The molecule has 3 heterocycles. The van der Waals surface area contributed by atoms with Crippen molar-refractivity contribution in [2.45, 2.75) is 13.5 Å². The van der Waals surface area contributed by atoms with Gasteiger partial charge in [0.2, 0.25) is 17.1 Å². The molecule has 0 unspecified atom stereocenters. The number of halogens is 1. The van der Waals surface area contributed by atoms with E-state index in [0.29, 0.717) is 30.8 Å². The number of rotatable bonds is 3. The lowest BCUT2D eigenvalue weighted by Crippen LogP contribution is -2.37. The lowest BCUT2D eigenvalue weighted by Gasteiger charge is -2.26. The van der Waals surface area contributed by atoms with E-state index in [1.807, 2.05) is 22.6 Å². The van der Waals surface area contributed by atoms with Crippen LogP contribution in [0.15, 0.2) is 12.4 Å². The second-order valence-corrected chi connectivity index (χ2v) is 4.70. The van der Waals surface area contributed by atoms with Crippen molar-refractivity contribution in [1.82, 2.24) is 24.5 Å². The Bertz CT molecular complexity index is 595. The molecular weight excluding hydrogens is 280 g/mol. The molecule has 7 nitrogen and oxygen atoms in total. The molecule has 1 fully saturated rings. The molecule has 1 saturated heterocycles. The van der Waals surface area contributed by atoms with Gasteiger partial charge in [-0.2, -0.15) is 15.0 Å². The fraction of sp³-hybridized carbons (Fsp3) is 0.500. The Morgan fingerprint density at radius 1 is 1.25 bits per heavy atom. The maximum atomic E-state index is 6.02. The molecule has 0 bridgehead atoms. The second kappa shape index (κ2) is 5.72. The van der Waals surface area contributed by atoms with Crippen LogP contribution in [0.5, 0.6) is 0 Å². The van der Waals surface area contributed by atoms with Crippen molar-refractivity contribution in [1.29, 1.82) is 0 Å². The highest BCUT2D eigenvalue weighted by molar-refractivity contribution is 6.28. The van der Waals surface area contributed by atoms with Crippen molar-refractivity contribution in [3.63, 3.8) is 0 Å². The van der Waals surface area contributed by atoms with Crippen LogP contribution in [0, 0.1) is 0 Å². The van der Waals surface area contributed by atoms with E-state index in [2.05, 4.69) is 19.9 Å². The third-order valence-electron chi connectivity index (χ3n) is 3.15. The van der Waals surface area contributed by atoms with Gasteiger partial charge in [0, 0.05) is 32.0 Å². The summed E-state index contributed by atoms with van der Waals surface area (Å²) < 4.78 is 7.30. The summed E-state index contributed by atoms with van der Waals surface area (Å²) in [6.45, 7) is 5.68. The summed E-state index contributed by atoms with van der Waals surface area (Å²) in [6, 6.07) is 0. The number of nitrogens with zero attached hydrogens (tertiary/aromatic N) is 6. The molecule has 0 atom stereocenters. The first-order valence-corrected chi connectivity index (χ1v) is 6.91. The van der Waals surface area contributed by atoms with Crippen LogP contribution in [0.25, 0.3) is 11.6 Å². The van der Waals surface area contributed by atoms with Gasteiger partial charge in [-0.3, -0.25) is 0 Å². The molecule has 8 heteroatoms. The standard InChI is InChI=1S/C12H15ClN6O/c1-2-18-4-3-14-10(18)9-15-11(13)17-12(16-9)19-5-7-20-8-6-19/h3-4H,2,5-8H2,1H3. The van der Waals surface area contributed by atoms with E-state index in [0.717, 1.165) is 19.6 Å². The fourth-order valence-electron chi connectivity index (χ4n) is 2.11. The summed E-state index contributed by atoms with van der Waals surface area (Å²) in [6.07, 6.45) is 3.62. The van der Waals surface area contributed by atoms with E-state index in [-0.39, 0.29) is 5.28 Å². The van der Waals surface area contributed by atoms with Crippen LogP contribution in [0.2, 0.25) is 5.28 Å². The predicted molar refractivity (Wildman–Crippen MR) is 74.8 cm³/mol. The van der Waals surface area contributed by atoms with Gasteiger partial charge in [0.15, 0.2) is 5.82 Å². The van der Waals surface area contributed by atoms with Gasteiger partial charge in [0.1, 0.15) is 0 Å². The molecule has 3 rings (SSSR count). The van der Waals surface area contributed by atoms with Crippen LogP contribution in [0.3, 0.4) is 0 Å². The van der Waals surface area contributed by atoms with Crippen molar-refractivity contribution < 1.29 is 4.74 Å². The molecule has 0 radical (unpaired) electrons. The molecule has 1 aliphatic rings. The zero-order chi connectivity index (χ0) is 13.9. The number of aromatic nitrogens is 5. The quantitative estimate of drug-likeness (QED) is 0.848. The van der Waals surface area contributed by atoms with Crippen molar-refractivity contribution in [3.8, 4) is 11.6 Å². The number of morpholine rings is 1. The molecule has 0 amide bonds. The van der Waals surface area contributed by atoms with Crippen LogP contribution < -0.4 is 4.90 Å². The monoisotopic (exact) mass is 294 g/mol. The lowest BCUT2D eigenvalue weighted by molar-refractivity contribution is 0.122. The molecule has 0 N–H and O–H groups in total. The molecule has 0 aliphatic carbocycles. The van der Waals surface area contributed by atoms with Crippen LogP contribution in [0.4, 0.5) is 5.95 Å². The van der Waals surface area contributed by atoms with Crippen LogP contribution in [-0.4, -0.2) is 50.8 Å². The van der Waals surface area contributed by atoms with Crippen LogP contribution in [-0.2, 0) is 11.3 Å². The van der Waals surface area contributed by atoms with Gasteiger partial charge >= 0.3 is 0 Å². The molecule has 1 aliphatic heterocycles. The van der Waals surface area contributed by atoms with Gasteiger partial charge < -0.3 is 14.2 Å². The maximum Gasteiger partial charge on any atom is 0.230 e. The van der Waals surface area contributed by atoms with Gasteiger partial charge in [-0.15, -0.1) is 0 Å². The molecule has 20 heavy (non-hydrogen) atoms. The molecule has 2 aromatic heterocycles. The zero-order valence-electron chi connectivity index (χ0n) is 11.2. The van der Waals surface area contributed by atoms with E-state index in [1.54, 1.807) is 6.20 Å². The van der Waals surface area contributed by atoms with E-state index in [4.69, 9.17) is 16.3 Å². The number of imidazole rings is 1. The largest absolute Gasteiger partial charge is 0.378 e. The Morgan fingerprint density at radius 2 is 2.05 bits per heavy atom. The van der Waals surface area contributed by atoms with Gasteiger partial charge in [0.05, 0.1) is 13.2 Å². The fourth-order valence-corrected chi connectivity index (χ4v) is 2.27. The van der Waals surface area contributed by atoms with Gasteiger partial charge in [0.25, 0.3) is 0 Å². The van der Waals surface area contributed by atoms with Crippen molar-refractivity contribution >= 4 is 17.5 Å². The van der Waals surface area contributed by atoms with E-state index >= 15 is 0 Å². The minimum atomic E-state index is 0.183. The summed E-state index contributed by atoms with van der Waals surface area (Å²) in [5.41, 5.74) is 0. The van der Waals surface area contributed by atoms with E-state index < -0.39 is 0 Å². The molecule has 2 aromatic rings. The normalized spacial score (nSPS) is 15.6. The first kappa shape index (κ1) is 13.3. The Labute approximate surface area is 121 Å². The number of ether oxygens (including phenoxy) is 1. The molecule has 0 aromatic carbocycles. The number of hydrogen-bond acceptors (Lipinski definition) is 6. The highest BCUT2D eigenvalue weighted by Crippen LogP contribution is 2.19. The van der Waals surface area contributed by atoms with Gasteiger partial charge in [-0.1, -0.05) is 0 Å². The van der Waals surface area contributed by atoms with Crippen molar-refractivity contribution in [2.75, 3.05) is 31.2 Å². The molecule has 0 saturated carbocycles. The first-order valence-electron chi connectivity index (χ1n) is 6.53. The Balaban J connectivity index is 1.98. The summed E-state index contributed by atoms with van der Waals surface area (Å²) >= 11 is 6.02. The number of aryl methyl sites for hydroxylation is 1. The zero-order valence-corrected chi connectivity index (χ0v) is 11.9. The molecule has 0 spiro atoms. The number of hydrogen-bond donors (Lipinski definition) is 0. The highest BCUT2D eigenvalue weighted by Gasteiger charge is 2.18. The van der Waals surface area contributed by atoms with Crippen LogP contribution in [0.1, 0.15) is 6.92 Å².